The third-order valence-electron chi connectivity index (χ3n) is 5.16. The molecule has 4 rings (SSSR count). The summed E-state index contributed by atoms with van der Waals surface area (Å²) in [6, 6.07) is 14.8. The minimum atomic E-state index is -0.357. The number of fused-ring (bicyclic) bond motifs is 1. The Kier molecular flexibility index (Phi) is 5.76. The zero-order valence-corrected chi connectivity index (χ0v) is 17.9. The first-order chi connectivity index (χ1) is 15.5. The van der Waals surface area contributed by atoms with E-state index < -0.39 is 0 Å². The van der Waals surface area contributed by atoms with Crippen LogP contribution in [0, 0.1) is 6.92 Å². The summed E-state index contributed by atoms with van der Waals surface area (Å²) in [5.41, 5.74) is 3.77. The molecule has 0 saturated heterocycles. The lowest BCUT2D eigenvalue weighted by molar-refractivity contribution is 0.0961. The van der Waals surface area contributed by atoms with Gasteiger partial charge in [0.1, 0.15) is 5.75 Å². The highest BCUT2D eigenvalue weighted by atomic mass is 16.5. The number of aromatic nitrogens is 2. The average Bonchev–Trinajstić information content (AvgIpc) is 3.25. The second-order valence-corrected chi connectivity index (χ2v) is 7.18. The van der Waals surface area contributed by atoms with E-state index in [1.54, 1.807) is 25.4 Å². The lowest BCUT2D eigenvalue weighted by Gasteiger charge is -2.15. The van der Waals surface area contributed by atoms with Gasteiger partial charge in [-0.05, 0) is 36.8 Å². The van der Waals surface area contributed by atoms with E-state index in [2.05, 4.69) is 25.9 Å². The first-order valence-corrected chi connectivity index (χ1v) is 10.0. The normalized spacial score (nSPS) is 10.6. The molecule has 0 saturated carbocycles. The number of methoxy groups -OCH3 is 1. The lowest BCUT2D eigenvalue weighted by atomic mass is 10.1. The number of amides is 2. The van der Waals surface area contributed by atoms with Crippen LogP contribution in [0.15, 0.2) is 60.9 Å². The van der Waals surface area contributed by atoms with Gasteiger partial charge in [0.25, 0.3) is 11.8 Å². The first-order valence-electron chi connectivity index (χ1n) is 10.0. The van der Waals surface area contributed by atoms with E-state index in [0.717, 1.165) is 16.8 Å². The number of aromatic amines is 1. The Labute approximate surface area is 185 Å². The molecule has 0 radical (unpaired) electrons. The molecule has 32 heavy (non-hydrogen) atoms. The molecular formula is C24H23N5O3. The summed E-state index contributed by atoms with van der Waals surface area (Å²) < 4.78 is 5.43. The van der Waals surface area contributed by atoms with Crippen molar-refractivity contribution in [1.29, 1.82) is 0 Å². The highest BCUT2D eigenvalue weighted by Crippen LogP contribution is 2.31. The van der Waals surface area contributed by atoms with Crippen LogP contribution in [-0.2, 0) is 0 Å². The predicted molar refractivity (Wildman–Crippen MR) is 125 cm³/mol. The molecule has 162 valence electrons. The minimum Gasteiger partial charge on any atom is -0.496 e. The summed E-state index contributed by atoms with van der Waals surface area (Å²) in [4.78, 5) is 32.9. The number of hydrogen-bond acceptors (Lipinski definition) is 5. The number of aryl methyl sites for hydroxylation is 1. The fourth-order valence-electron chi connectivity index (χ4n) is 3.46. The van der Waals surface area contributed by atoms with Gasteiger partial charge in [0, 0.05) is 30.6 Å². The van der Waals surface area contributed by atoms with Gasteiger partial charge in [-0.15, -0.1) is 0 Å². The van der Waals surface area contributed by atoms with E-state index in [9.17, 15) is 9.59 Å². The molecule has 0 unspecified atom stereocenters. The zero-order chi connectivity index (χ0) is 22.7. The van der Waals surface area contributed by atoms with Crippen LogP contribution in [0.2, 0.25) is 0 Å². The van der Waals surface area contributed by atoms with E-state index in [-0.39, 0.29) is 11.8 Å². The van der Waals surface area contributed by atoms with Crippen molar-refractivity contribution in [2.45, 2.75) is 6.92 Å². The van der Waals surface area contributed by atoms with E-state index >= 15 is 0 Å². The Morgan fingerprint density at radius 2 is 1.84 bits per heavy atom. The fraction of sp³-hybridized carbons (Fsp3) is 0.125. The number of ether oxygens (including phenoxy) is 1. The Morgan fingerprint density at radius 1 is 1.03 bits per heavy atom. The lowest BCUT2D eigenvalue weighted by Crippen LogP contribution is -2.19. The van der Waals surface area contributed by atoms with Crippen LogP contribution in [0.3, 0.4) is 0 Å². The maximum Gasteiger partial charge on any atom is 0.258 e. The highest BCUT2D eigenvalue weighted by Gasteiger charge is 2.19. The van der Waals surface area contributed by atoms with Gasteiger partial charge in [0.15, 0.2) is 5.82 Å². The van der Waals surface area contributed by atoms with Crippen LogP contribution in [0.25, 0.3) is 10.9 Å². The molecule has 4 N–H and O–H groups in total. The van der Waals surface area contributed by atoms with Gasteiger partial charge in [-0.1, -0.05) is 24.3 Å². The third kappa shape index (κ3) is 3.98. The number of H-pyrrole nitrogens is 1. The van der Waals surface area contributed by atoms with Crippen molar-refractivity contribution < 1.29 is 14.3 Å². The van der Waals surface area contributed by atoms with E-state index in [4.69, 9.17) is 4.74 Å². The summed E-state index contributed by atoms with van der Waals surface area (Å²) in [5, 5.41) is 9.39. The van der Waals surface area contributed by atoms with Gasteiger partial charge in [0.05, 0.1) is 29.3 Å². The molecule has 0 atom stereocenters. The topological polar surface area (TPSA) is 108 Å². The number of nitrogens with one attached hydrogen (secondary N) is 4. The van der Waals surface area contributed by atoms with Gasteiger partial charge in [0.2, 0.25) is 0 Å². The Morgan fingerprint density at radius 3 is 2.59 bits per heavy atom. The maximum atomic E-state index is 13.2. The van der Waals surface area contributed by atoms with Crippen molar-refractivity contribution >= 4 is 39.9 Å². The Hall–Kier alpha value is -4.33. The van der Waals surface area contributed by atoms with E-state index in [0.29, 0.717) is 33.8 Å². The van der Waals surface area contributed by atoms with Gasteiger partial charge in [-0.2, -0.15) is 0 Å². The Bertz CT molecular complexity index is 1310. The molecule has 0 aliphatic carbocycles. The molecule has 0 spiro atoms. The fourth-order valence-corrected chi connectivity index (χ4v) is 3.46. The smallest absolute Gasteiger partial charge is 0.258 e. The molecule has 4 aromatic rings. The molecule has 2 amide bonds. The van der Waals surface area contributed by atoms with E-state index in [1.165, 1.54) is 13.2 Å². The predicted octanol–water partition coefficient (Wildman–Crippen LogP) is 4.24. The number of nitrogens with zero attached hydrogens (tertiary/aromatic N) is 1. The number of rotatable bonds is 6. The van der Waals surface area contributed by atoms with Gasteiger partial charge in [-0.3, -0.25) is 9.59 Å². The number of benzene rings is 2. The molecule has 2 aromatic heterocycles. The summed E-state index contributed by atoms with van der Waals surface area (Å²) in [6.45, 7) is 1.97. The zero-order valence-electron chi connectivity index (χ0n) is 17.9. The first kappa shape index (κ1) is 20.9. The molecule has 0 aliphatic rings. The summed E-state index contributed by atoms with van der Waals surface area (Å²) >= 11 is 0. The van der Waals surface area contributed by atoms with Crippen LogP contribution >= 0.6 is 0 Å². The number of pyridine rings is 1. The van der Waals surface area contributed by atoms with Crippen molar-refractivity contribution in [2.75, 3.05) is 24.8 Å². The van der Waals surface area contributed by atoms with Gasteiger partial charge >= 0.3 is 0 Å². The van der Waals surface area contributed by atoms with Crippen LogP contribution in [0.4, 0.5) is 17.2 Å². The van der Waals surface area contributed by atoms with Gasteiger partial charge < -0.3 is 25.7 Å². The number of carbonyl (C=O) groups is 2. The SMILES string of the molecule is CNC(=O)c1cnc(Nc2ccccc2C)c(NC(=O)c2c[nH]c3cccc(OC)c23)c1. The monoisotopic (exact) mass is 429 g/mol. The summed E-state index contributed by atoms with van der Waals surface area (Å²) in [5.74, 6) is 0.352. The average molecular weight is 429 g/mol. The molecule has 0 bridgehead atoms. The van der Waals surface area contributed by atoms with Crippen LogP contribution in [-0.4, -0.2) is 35.9 Å². The van der Waals surface area contributed by atoms with Crippen LogP contribution in [0.1, 0.15) is 26.3 Å². The van der Waals surface area contributed by atoms with Crippen molar-refractivity contribution in [1.82, 2.24) is 15.3 Å². The van der Waals surface area contributed by atoms with Crippen molar-refractivity contribution in [3.05, 3.63) is 77.6 Å². The highest BCUT2D eigenvalue weighted by molar-refractivity contribution is 6.15. The number of hydrogen-bond donors (Lipinski definition) is 4. The molecule has 8 heteroatoms. The molecule has 8 nitrogen and oxygen atoms in total. The third-order valence-corrected chi connectivity index (χ3v) is 5.16. The number of carbonyl (C=O) groups excluding carboxylic acids is 2. The maximum absolute atomic E-state index is 13.2. The quantitative estimate of drug-likeness (QED) is 0.367. The largest absolute Gasteiger partial charge is 0.496 e. The molecule has 2 heterocycles. The second kappa shape index (κ2) is 8.81. The van der Waals surface area contributed by atoms with Crippen molar-refractivity contribution in [3.63, 3.8) is 0 Å². The molecule has 0 fully saturated rings. The Balaban J connectivity index is 1.73. The number of para-hydroxylation sites is 1. The molecular weight excluding hydrogens is 406 g/mol. The second-order valence-electron chi connectivity index (χ2n) is 7.18. The van der Waals surface area contributed by atoms with Crippen molar-refractivity contribution in [3.8, 4) is 5.75 Å². The molecule has 0 aliphatic heterocycles. The van der Waals surface area contributed by atoms with Crippen molar-refractivity contribution in [2.24, 2.45) is 0 Å². The van der Waals surface area contributed by atoms with E-state index in [1.807, 2.05) is 43.3 Å². The van der Waals surface area contributed by atoms with Gasteiger partial charge in [-0.25, -0.2) is 4.98 Å². The standard InChI is InChI=1S/C24H23N5O3/c1-14-7-4-5-8-17(14)28-22-19(11-15(12-27-22)23(30)25-2)29-24(31)16-13-26-18-9-6-10-20(32-3)21(16)18/h4-13,26H,1-3H3,(H,25,30)(H,27,28)(H,29,31). The summed E-state index contributed by atoms with van der Waals surface area (Å²) in [6.07, 6.45) is 3.09. The minimum absolute atomic E-state index is 0.302. The van der Waals surface area contributed by atoms with Crippen LogP contribution in [0.5, 0.6) is 5.75 Å². The number of anilines is 3. The van der Waals surface area contributed by atoms with Crippen LogP contribution < -0.4 is 20.7 Å². The molecule has 2 aromatic carbocycles. The summed E-state index contributed by atoms with van der Waals surface area (Å²) in [7, 11) is 3.10.